The molecule has 100 valence electrons. The molecule has 0 radical (unpaired) electrons. The molecule has 2 rings (SSSR count). The van der Waals surface area contributed by atoms with Gasteiger partial charge in [-0.25, -0.2) is 4.98 Å². The number of piperidine rings is 1. The van der Waals surface area contributed by atoms with E-state index in [1.165, 1.54) is 0 Å². The maximum absolute atomic E-state index is 12.4. The molecule has 0 bridgehead atoms. The number of carbonyl (C=O) groups is 1. The molecule has 0 aromatic carbocycles. The van der Waals surface area contributed by atoms with Gasteiger partial charge in [0, 0.05) is 6.20 Å². The predicted molar refractivity (Wildman–Crippen MR) is 61.7 cm³/mol. The molecule has 2 heterocycles. The van der Waals surface area contributed by atoms with E-state index < -0.39 is 16.7 Å². The van der Waals surface area contributed by atoms with Crippen LogP contribution in [0.5, 0.6) is 0 Å². The van der Waals surface area contributed by atoms with Crippen LogP contribution in [-0.2, 0) is 6.18 Å². The number of hydrogen-bond acceptors (Lipinski definition) is 4. The molecule has 0 aliphatic carbocycles. The zero-order valence-electron chi connectivity index (χ0n) is 9.80. The Hall–Kier alpha value is -0.950. The number of halogens is 3. The molecule has 1 aliphatic heterocycles. The highest BCUT2D eigenvalue weighted by Gasteiger charge is 2.39. The summed E-state index contributed by atoms with van der Waals surface area (Å²) in [5, 5.41) is 2.12. The van der Waals surface area contributed by atoms with Gasteiger partial charge in [-0.15, -0.1) is 11.3 Å². The first-order valence-corrected chi connectivity index (χ1v) is 6.47. The van der Waals surface area contributed by atoms with Crippen molar-refractivity contribution in [2.24, 2.45) is 0 Å². The lowest BCUT2D eigenvalue weighted by atomic mass is 9.86. The Bertz CT molecular complexity index is 449. The lowest BCUT2D eigenvalue weighted by Gasteiger charge is -2.32. The normalized spacial score (nSPS) is 25.1. The van der Waals surface area contributed by atoms with Crippen LogP contribution < -0.4 is 5.32 Å². The van der Waals surface area contributed by atoms with E-state index in [0.29, 0.717) is 24.3 Å². The number of hydrogen-bond donors (Lipinski definition) is 1. The third-order valence-corrected chi connectivity index (χ3v) is 4.13. The Balaban J connectivity index is 2.21. The first-order valence-electron chi connectivity index (χ1n) is 5.66. The second kappa shape index (κ2) is 4.62. The van der Waals surface area contributed by atoms with Gasteiger partial charge in [0.2, 0.25) is 0 Å². The maximum Gasteiger partial charge on any atom is 0.443 e. The summed E-state index contributed by atoms with van der Waals surface area (Å²) >= 11 is 0.414. The van der Waals surface area contributed by atoms with Crippen LogP contribution >= 0.6 is 11.3 Å². The molecule has 1 fully saturated rings. The summed E-state index contributed by atoms with van der Waals surface area (Å²) in [5.74, 6) is -0.296. The number of Topliss-reactive ketones (excluding diaryl/α,β-unsaturated/α-hetero) is 1. The van der Waals surface area contributed by atoms with Crippen molar-refractivity contribution in [2.45, 2.75) is 37.9 Å². The second-order valence-corrected chi connectivity index (χ2v) is 5.60. The van der Waals surface area contributed by atoms with Gasteiger partial charge < -0.3 is 5.32 Å². The number of nitrogens with one attached hydrogen (secondary N) is 1. The molecule has 1 aliphatic rings. The van der Waals surface area contributed by atoms with E-state index in [1.54, 1.807) is 6.92 Å². The molecule has 7 heteroatoms. The second-order valence-electron chi connectivity index (χ2n) is 4.57. The molecule has 1 saturated heterocycles. The Morgan fingerprint density at radius 3 is 2.72 bits per heavy atom. The number of alkyl halides is 3. The minimum absolute atomic E-state index is 0.0687. The molecule has 1 N–H and O–H groups in total. The van der Waals surface area contributed by atoms with E-state index in [2.05, 4.69) is 10.3 Å². The fraction of sp³-hybridized carbons (Fsp3) is 0.636. The quantitative estimate of drug-likeness (QED) is 0.846. The van der Waals surface area contributed by atoms with Gasteiger partial charge in [0.05, 0.1) is 10.4 Å². The molecule has 0 spiro atoms. The van der Waals surface area contributed by atoms with E-state index in [4.69, 9.17) is 0 Å². The average Bonchev–Trinajstić information content (AvgIpc) is 2.77. The Morgan fingerprint density at radius 1 is 1.50 bits per heavy atom. The summed E-state index contributed by atoms with van der Waals surface area (Å²) in [6, 6.07) is 0. The van der Waals surface area contributed by atoms with Crippen molar-refractivity contribution in [3.8, 4) is 0 Å². The Labute approximate surface area is 106 Å². The van der Waals surface area contributed by atoms with Gasteiger partial charge in [-0.2, -0.15) is 13.2 Å². The monoisotopic (exact) mass is 278 g/mol. The van der Waals surface area contributed by atoms with Crippen molar-refractivity contribution in [3.63, 3.8) is 0 Å². The lowest BCUT2D eigenvalue weighted by molar-refractivity contribution is -0.137. The first kappa shape index (κ1) is 13.5. The van der Waals surface area contributed by atoms with Gasteiger partial charge in [0.1, 0.15) is 0 Å². The largest absolute Gasteiger partial charge is 0.443 e. The molecule has 1 aromatic rings. The van der Waals surface area contributed by atoms with E-state index in [0.717, 1.165) is 19.0 Å². The topological polar surface area (TPSA) is 42.0 Å². The van der Waals surface area contributed by atoms with E-state index >= 15 is 0 Å². The molecule has 3 nitrogen and oxygen atoms in total. The molecule has 0 saturated carbocycles. The molecule has 1 atom stereocenters. The minimum Gasteiger partial charge on any atom is -0.305 e. The molecule has 1 aromatic heterocycles. The summed E-state index contributed by atoms with van der Waals surface area (Å²) in [4.78, 5) is 15.6. The van der Waals surface area contributed by atoms with Crippen LogP contribution in [0, 0.1) is 0 Å². The van der Waals surface area contributed by atoms with Crippen LogP contribution in [0.25, 0.3) is 0 Å². The fourth-order valence-electron chi connectivity index (χ4n) is 2.03. The number of thiazole rings is 1. The SMILES string of the molecule is CC1(C(=O)c2cnc(C(F)(F)F)s2)CCCCN1. The molecular weight excluding hydrogens is 265 g/mol. The van der Waals surface area contributed by atoms with Crippen molar-refractivity contribution >= 4 is 17.1 Å². The highest BCUT2D eigenvalue weighted by Crippen LogP contribution is 2.34. The zero-order chi connectivity index (χ0) is 13.4. The summed E-state index contributed by atoms with van der Waals surface area (Å²) in [7, 11) is 0. The fourth-order valence-corrected chi connectivity index (χ4v) is 2.88. The minimum atomic E-state index is -4.48. The summed E-state index contributed by atoms with van der Waals surface area (Å²) in [6.45, 7) is 2.45. The third-order valence-electron chi connectivity index (χ3n) is 3.09. The summed E-state index contributed by atoms with van der Waals surface area (Å²) < 4.78 is 37.3. The third kappa shape index (κ3) is 2.56. The highest BCUT2D eigenvalue weighted by molar-refractivity contribution is 7.13. The van der Waals surface area contributed by atoms with Crippen LogP contribution in [0.3, 0.4) is 0 Å². The zero-order valence-corrected chi connectivity index (χ0v) is 10.6. The van der Waals surface area contributed by atoms with Crippen molar-refractivity contribution < 1.29 is 18.0 Å². The maximum atomic E-state index is 12.4. The highest BCUT2D eigenvalue weighted by atomic mass is 32.1. The van der Waals surface area contributed by atoms with Crippen molar-refractivity contribution in [1.82, 2.24) is 10.3 Å². The molecule has 18 heavy (non-hydrogen) atoms. The van der Waals surface area contributed by atoms with Crippen LogP contribution in [-0.4, -0.2) is 22.9 Å². The van der Waals surface area contributed by atoms with Gasteiger partial charge in [0.15, 0.2) is 10.8 Å². The van der Waals surface area contributed by atoms with Crippen LogP contribution in [0.4, 0.5) is 13.2 Å². The standard InChI is InChI=1S/C11H13F3N2OS/c1-10(4-2-3-5-16-10)8(17)7-6-15-9(18-7)11(12,13)14/h6,16H,2-5H2,1H3. The Kier molecular flexibility index (Phi) is 3.46. The average molecular weight is 278 g/mol. The predicted octanol–water partition coefficient (Wildman–Crippen LogP) is 2.88. The number of nitrogens with zero attached hydrogens (tertiary/aromatic N) is 1. The van der Waals surface area contributed by atoms with E-state index in [-0.39, 0.29) is 10.7 Å². The molecular formula is C11H13F3N2OS. The van der Waals surface area contributed by atoms with Crippen LogP contribution in [0.15, 0.2) is 6.20 Å². The van der Waals surface area contributed by atoms with Gasteiger partial charge in [0.25, 0.3) is 0 Å². The molecule has 0 amide bonds. The number of carbonyl (C=O) groups excluding carboxylic acids is 1. The summed E-state index contributed by atoms with van der Waals surface area (Å²) in [6.07, 6.45) is -0.925. The van der Waals surface area contributed by atoms with Crippen LogP contribution in [0.1, 0.15) is 40.9 Å². The number of aromatic nitrogens is 1. The van der Waals surface area contributed by atoms with E-state index in [9.17, 15) is 18.0 Å². The van der Waals surface area contributed by atoms with Crippen molar-refractivity contribution in [1.29, 1.82) is 0 Å². The van der Waals surface area contributed by atoms with Crippen LogP contribution in [0.2, 0.25) is 0 Å². The first-order chi connectivity index (χ1) is 8.33. The van der Waals surface area contributed by atoms with Crippen molar-refractivity contribution in [2.75, 3.05) is 6.54 Å². The van der Waals surface area contributed by atoms with Gasteiger partial charge in [-0.3, -0.25) is 4.79 Å². The van der Waals surface area contributed by atoms with Crippen molar-refractivity contribution in [3.05, 3.63) is 16.1 Å². The number of rotatable bonds is 2. The van der Waals surface area contributed by atoms with Gasteiger partial charge in [-0.1, -0.05) is 0 Å². The van der Waals surface area contributed by atoms with E-state index in [1.807, 2.05) is 0 Å². The summed E-state index contributed by atoms with van der Waals surface area (Å²) in [5.41, 5.74) is -0.756. The van der Waals surface area contributed by atoms with Gasteiger partial charge >= 0.3 is 6.18 Å². The smallest absolute Gasteiger partial charge is 0.305 e. The Morgan fingerprint density at radius 2 is 2.22 bits per heavy atom. The molecule has 1 unspecified atom stereocenters. The van der Waals surface area contributed by atoms with Gasteiger partial charge in [-0.05, 0) is 32.7 Å². The number of ketones is 1. The lowest BCUT2D eigenvalue weighted by Crippen LogP contribution is -2.52.